The molecular weight excluding hydrogens is 340 g/mol. The lowest BCUT2D eigenvalue weighted by Crippen LogP contribution is -2.41. The predicted octanol–water partition coefficient (Wildman–Crippen LogP) is 4.21. The Bertz CT molecular complexity index is 776. The molecule has 2 fully saturated rings. The van der Waals surface area contributed by atoms with E-state index in [0.717, 1.165) is 30.5 Å². The van der Waals surface area contributed by atoms with Gasteiger partial charge in [-0.3, -0.25) is 9.69 Å². The van der Waals surface area contributed by atoms with Crippen LogP contribution < -0.4 is 0 Å². The van der Waals surface area contributed by atoms with Crippen molar-refractivity contribution in [2.45, 2.75) is 50.7 Å². The van der Waals surface area contributed by atoms with Crippen LogP contribution in [0.4, 0.5) is 0 Å². The number of aromatic nitrogens is 1. The van der Waals surface area contributed by atoms with Gasteiger partial charge in [0.05, 0.1) is 5.69 Å². The quantitative estimate of drug-likeness (QED) is 0.884. The molecule has 6 heteroatoms. The number of hydrogen-bond acceptors (Lipinski definition) is 4. The van der Waals surface area contributed by atoms with Crippen molar-refractivity contribution in [2.24, 2.45) is 5.92 Å². The lowest BCUT2D eigenvalue weighted by molar-refractivity contribution is -0.142. The van der Waals surface area contributed by atoms with Gasteiger partial charge < -0.3 is 9.52 Å². The summed E-state index contributed by atoms with van der Waals surface area (Å²) in [5.41, 5.74) is 1.60. The summed E-state index contributed by atoms with van der Waals surface area (Å²) in [5.74, 6) is 0.283. The van der Waals surface area contributed by atoms with Crippen LogP contribution in [0.5, 0.6) is 0 Å². The van der Waals surface area contributed by atoms with Gasteiger partial charge in [-0.25, -0.2) is 4.98 Å². The third-order valence-corrected chi connectivity index (χ3v) is 5.71. The first kappa shape index (κ1) is 16.6. The molecule has 1 aromatic carbocycles. The highest BCUT2D eigenvalue weighted by atomic mass is 35.5. The van der Waals surface area contributed by atoms with Crippen molar-refractivity contribution in [2.75, 3.05) is 0 Å². The first-order chi connectivity index (χ1) is 12.1. The van der Waals surface area contributed by atoms with Crippen LogP contribution in [0.1, 0.15) is 37.8 Å². The monoisotopic (exact) mass is 360 g/mol. The zero-order valence-corrected chi connectivity index (χ0v) is 14.7. The molecule has 2 heterocycles. The Hall–Kier alpha value is -1.85. The number of carbonyl (C=O) groups is 1. The summed E-state index contributed by atoms with van der Waals surface area (Å²) in [6.45, 7) is 0.516. The second-order valence-electron chi connectivity index (χ2n) is 7.03. The van der Waals surface area contributed by atoms with Gasteiger partial charge in [-0.15, -0.1) is 0 Å². The van der Waals surface area contributed by atoms with E-state index in [4.69, 9.17) is 16.0 Å². The molecule has 0 amide bonds. The molecule has 1 saturated heterocycles. The third-order valence-electron chi connectivity index (χ3n) is 5.47. The summed E-state index contributed by atoms with van der Waals surface area (Å²) >= 11 is 6.03. The van der Waals surface area contributed by atoms with Gasteiger partial charge in [0.25, 0.3) is 0 Å². The maximum absolute atomic E-state index is 11.7. The number of nitrogens with zero attached hydrogens (tertiary/aromatic N) is 2. The Morgan fingerprint density at radius 1 is 1.36 bits per heavy atom. The average molecular weight is 361 g/mol. The van der Waals surface area contributed by atoms with Gasteiger partial charge in [-0.2, -0.15) is 0 Å². The predicted molar refractivity (Wildman–Crippen MR) is 94.3 cm³/mol. The molecule has 1 N–H and O–H groups in total. The smallest absolute Gasteiger partial charge is 0.320 e. The fourth-order valence-electron chi connectivity index (χ4n) is 4.34. The number of halogens is 1. The molecule has 0 bridgehead atoms. The second kappa shape index (κ2) is 6.81. The Morgan fingerprint density at radius 2 is 2.20 bits per heavy atom. The number of oxazole rings is 1. The number of hydrogen-bond donors (Lipinski definition) is 1. The van der Waals surface area contributed by atoms with Crippen LogP contribution in [0.15, 0.2) is 34.9 Å². The minimum Gasteiger partial charge on any atom is -0.480 e. The van der Waals surface area contributed by atoms with Gasteiger partial charge in [-0.1, -0.05) is 30.5 Å². The van der Waals surface area contributed by atoms with Crippen LogP contribution in [0.25, 0.3) is 11.5 Å². The molecule has 4 rings (SSSR count). The SMILES string of the molecule is O=C(O)[C@@H]1C[C@@H]2CCCC[C@@H]2N1Cc1coc(-c2cccc(Cl)c2)n1. The van der Waals surface area contributed by atoms with Gasteiger partial charge in [-0.05, 0) is 43.4 Å². The summed E-state index contributed by atoms with van der Waals surface area (Å²) < 4.78 is 5.60. The number of benzene rings is 1. The van der Waals surface area contributed by atoms with Gasteiger partial charge in [0, 0.05) is 23.2 Å². The van der Waals surface area contributed by atoms with Crippen LogP contribution in [-0.4, -0.2) is 33.0 Å². The molecule has 1 saturated carbocycles. The zero-order valence-electron chi connectivity index (χ0n) is 13.9. The molecule has 1 aliphatic heterocycles. The van der Waals surface area contributed by atoms with E-state index in [2.05, 4.69) is 9.88 Å². The molecule has 0 unspecified atom stereocenters. The lowest BCUT2D eigenvalue weighted by Gasteiger charge is -2.32. The molecule has 3 atom stereocenters. The van der Waals surface area contributed by atoms with E-state index in [-0.39, 0.29) is 0 Å². The summed E-state index contributed by atoms with van der Waals surface area (Å²) in [5, 5.41) is 10.3. The van der Waals surface area contributed by atoms with Crippen molar-refractivity contribution in [3.05, 3.63) is 41.2 Å². The molecule has 132 valence electrons. The summed E-state index contributed by atoms with van der Waals surface area (Å²) in [6, 6.07) is 7.30. The van der Waals surface area contributed by atoms with Crippen molar-refractivity contribution in [3.63, 3.8) is 0 Å². The van der Waals surface area contributed by atoms with E-state index in [0.29, 0.717) is 29.4 Å². The number of likely N-dealkylation sites (tertiary alicyclic amines) is 1. The number of rotatable bonds is 4. The van der Waals surface area contributed by atoms with E-state index < -0.39 is 12.0 Å². The van der Waals surface area contributed by atoms with Gasteiger partial charge >= 0.3 is 5.97 Å². The fraction of sp³-hybridized carbons (Fsp3) is 0.474. The van der Waals surface area contributed by atoms with E-state index in [1.165, 1.54) is 12.8 Å². The molecule has 1 aliphatic carbocycles. The summed E-state index contributed by atoms with van der Waals surface area (Å²) in [7, 11) is 0. The van der Waals surface area contributed by atoms with Crippen LogP contribution in [0.3, 0.4) is 0 Å². The standard InChI is InChI=1S/C19H21ClN2O3/c20-14-6-3-5-13(8-14)18-21-15(11-25-18)10-22-16-7-2-1-4-12(16)9-17(22)19(23)24/h3,5-6,8,11-12,16-17H,1-2,4,7,9-10H2,(H,23,24)/t12-,16-,17-/m0/s1. The maximum atomic E-state index is 11.7. The van der Waals surface area contributed by atoms with Crippen molar-refractivity contribution >= 4 is 17.6 Å². The fourth-order valence-corrected chi connectivity index (χ4v) is 4.53. The highest BCUT2D eigenvalue weighted by Crippen LogP contribution is 2.40. The molecule has 0 radical (unpaired) electrons. The Labute approximate surface area is 151 Å². The second-order valence-corrected chi connectivity index (χ2v) is 7.46. The molecule has 1 aromatic heterocycles. The number of fused-ring (bicyclic) bond motifs is 1. The highest BCUT2D eigenvalue weighted by molar-refractivity contribution is 6.30. The van der Waals surface area contributed by atoms with Crippen LogP contribution in [0, 0.1) is 5.92 Å². The molecular formula is C19H21ClN2O3. The van der Waals surface area contributed by atoms with Crippen molar-refractivity contribution in [1.82, 2.24) is 9.88 Å². The Balaban J connectivity index is 1.55. The number of carboxylic acids is 1. The number of carboxylic acid groups (broad SMARTS) is 1. The van der Waals surface area contributed by atoms with Crippen molar-refractivity contribution < 1.29 is 14.3 Å². The largest absolute Gasteiger partial charge is 0.480 e. The lowest BCUT2D eigenvalue weighted by atomic mass is 9.85. The van der Waals surface area contributed by atoms with E-state index in [1.807, 2.05) is 18.2 Å². The highest BCUT2D eigenvalue weighted by Gasteiger charge is 2.45. The van der Waals surface area contributed by atoms with Crippen molar-refractivity contribution in [3.8, 4) is 11.5 Å². The van der Waals surface area contributed by atoms with Crippen molar-refractivity contribution in [1.29, 1.82) is 0 Å². The molecule has 5 nitrogen and oxygen atoms in total. The maximum Gasteiger partial charge on any atom is 0.320 e. The van der Waals surface area contributed by atoms with E-state index in [1.54, 1.807) is 12.3 Å². The number of aliphatic carboxylic acids is 1. The Kier molecular flexibility index (Phi) is 4.52. The first-order valence-corrected chi connectivity index (χ1v) is 9.18. The molecule has 2 aliphatic rings. The molecule has 0 spiro atoms. The zero-order chi connectivity index (χ0) is 17.4. The normalized spacial score (nSPS) is 26.5. The van der Waals surface area contributed by atoms with Gasteiger partial charge in [0.2, 0.25) is 5.89 Å². The summed E-state index contributed by atoms with van der Waals surface area (Å²) in [6.07, 6.45) is 6.98. The minimum absolute atomic E-state index is 0.348. The van der Waals surface area contributed by atoms with Gasteiger partial charge in [0.15, 0.2) is 0 Å². The molecule has 2 aromatic rings. The summed E-state index contributed by atoms with van der Waals surface area (Å²) in [4.78, 5) is 18.4. The average Bonchev–Trinajstić information content (AvgIpc) is 3.21. The van der Waals surface area contributed by atoms with Crippen LogP contribution in [-0.2, 0) is 11.3 Å². The van der Waals surface area contributed by atoms with Gasteiger partial charge in [0.1, 0.15) is 12.3 Å². The topological polar surface area (TPSA) is 66.6 Å². The van der Waals surface area contributed by atoms with E-state index in [9.17, 15) is 9.90 Å². The van der Waals surface area contributed by atoms with Crippen LogP contribution >= 0.6 is 11.6 Å². The first-order valence-electron chi connectivity index (χ1n) is 8.80. The van der Waals surface area contributed by atoms with E-state index >= 15 is 0 Å². The third kappa shape index (κ3) is 3.31. The molecule has 25 heavy (non-hydrogen) atoms. The Morgan fingerprint density at radius 3 is 3.00 bits per heavy atom. The van der Waals surface area contributed by atoms with Crippen LogP contribution in [0.2, 0.25) is 5.02 Å². The minimum atomic E-state index is -0.729.